The number of hydrogen-bond donors (Lipinski definition) is 0. The minimum atomic E-state index is -0.407. The van der Waals surface area contributed by atoms with Crippen LogP contribution in [0.4, 0.5) is 4.39 Å². The van der Waals surface area contributed by atoms with E-state index in [-0.39, 0.29) is 17.6 Å². The van der Waals surface area contributed by atoms with E-state index in [9.17, 15) is 9.18 Å². The summed E-state index contributed by atoms with van der Waals surface area (Å²) in [4.78, 5) is 23.8. The summed E-state index contributed by atoms with van der Waals surface area (Å²) in [5.41, 5.74) is 5.98. The van der Waals surface area contributed by atoms with Gasteiger partial charge in [0.25, 0.3) is 5.91 Å². The molecule has 203 valence electrons. The van der Waals surface area contributed by atoms with Gasteiger partial charge in [-0.25, -0.2) is 9.37 Å². The highest BCUT2D eigenvalue weighted by molar-refractivity contribution is 5.96. The summed E-state index contributed by atoms with van der Waals surface area (Å²) in [6.07, 6.45) is 13.1. The molecule has 2 atom stereocenters. The number of aryl methyl sites for hydroxylation is 1. The van der Waals surface area contributed by atoms with Crippen LogP contribution in [0, 0.1) is 19.3 Å². The smallest absolute Gasteiger partial charge is 0.251 e. The molecule has 1 saturated heterocycles. The van der Waals surface area contributed by atoms with Crippen LogP contribution in [0.2, 0.25) is 0 Å². The topological polar surface area (TPSA) is 44.1 Å². The molecule has 2 aliphatic rings. The highest BCUT2D eigenvalue weighted by atomic mass is 19.1. The number of nitrogens with zero attached hydrogens (tertiary/aromatic N) is 5. The molecule has 2 aliphatic heterocycles. The van der Waals surface area contributed by atoms with Crippen LogP contribution in [0.15, 0.2) is 73.6 Å². The predicted molar refractivity (Wildman–Crippen MR) is 155 cm³/mol. The number of piperazine rings is 1. The van der Waals surface area contributed by atoms with E-state index in [0.29, 0.717) is 17.2 Å². The first-order valence-corrected chi connectivity index (χ1v) is 13.1. The molecular weight excluding hydrogens is 477 g/mol. The molecule has 0 aromatic carbocycles. The van der Waals surface area contributed by atoms with Gasteiger partial charge in [-0.05, 0) is 63.6 Å². The average molecular weight is 519 g/mol. The van der Waals surface area contributed by atoms with E-state index in [1.165, 1.54) is 6.07 Å². The highest BCUT2D eigenvalue weighted by Gasteiger charge is 2.26. The maximum absolute atomic E-state index is 14.5. The number of fused-ring (bicyclic) bond motifs is 1. The molecule has 0 N–H and O–H groups in total. The van der Waals surface area contributed by atoms with Gasteiger partial charge < -0.3 is 14.2 Å². The van der Waals surface area contributed by atoms with E-state index >= 15 is 0 Å². The van der Waals surface area contributed by atoms with Crippen LogP contribution in [0.1, 0.15) is 45.9 Å². The number of aromatic nitrogens is 2. The van der Waals surface area contributed by atoms with Crippen LogP contribution in [-0.2, 0) is 4.79 Å². The molecule has 38 heavy (non-hydrogen) atoms. The molecular formula is C31H41FN5O. The second kappa shape index (κ2) is 14.3. The van der Waals surface area contributed by atoms with Crippen molar-refractivity contribution in [2.75, 3.05) is 26.2 Å². The molecule has 1 fully saturated rings. The van der Waals surface area contributed by atoms with Gasteiger partial charge in [0.1, 0.15) is 0 Å². The van der Waals surface area contributed by atoms with Gasteiger partial charge in [-0.15, -0.1) is 18.9 Å². The molecule has 0 aliphatic carbocycles. The van der Waals surface area contributed by atoms with Gasteiger partial charge in [-0.1, -0.05) is 19.9 Å². The number of carbonyl (C=O) groups is 1. The first kappa shape index (κ1) is 30.6. The van der Waals surface area contributed by atoms with Crippen molar-refractivity contribution in [2.24, 2.45) is 0 Å². The van der Waals surface area contributed by atoms with E-state index in [2.05, 4.69) is 46.7 Å². The molecule has 7 heteroatoms. The lowest BCUT2D eigenvalue weighted by Gasteiger charge is -2.42. The summed E-state index contributed by atoms with van der Waals surface area (Å²) in [7, 11) is 0. The number of pyridine rings is 1. The van der Waals surface area contributed by atoms with Gasteiger partial charge in [0.2, 0.25) is 0 Å². The number of carbonyl (C=O) groups excluding carboxylic acids is 1. The minimum Gasteiger partial charge on any atom is -0.368 e. The van der Waals surface area contributed by atoms with E-state index in [1.807, 2.05) is 53.0 Å². The number of hydrogen-bond acceptors (Lipinski definition) is 4. The Labute approximate surface area is 227 Å². The van der Waals surface area contributed by atoms with Crippen molar-refractivity contribution in [3.8, 4) is 0 Å². The fourth-order valence-corrected chi connectivity index (χ4v) is 4.49. The maximum atomic E-state index is 14.5. The monoisotopic (exact) mass is 518 g/mol. The third-order valence-corrected chi connectivity index (χ3v) is 6.51. The minimum absolute atomic E-state index is 0.0697. The molecule has 0 saturated carbocycles. The van der Waals surface area contributed by atoms with Crippen LogP contribution in [0.5, 0.6) is 0 Å². The average Bonchev–Trinajstić information content (AvgIpc) is 3.31. The lowest BCUT2D eigenvalue weighted by molar-refractivity contribution is -0.124. The Balaban J connectivity index is 0.00000121. The van der Waals surface area contributed by atoms with Crippen molar-refractivity contribution in [2.45, 2.75) is 53.6 Å². The molecule has 1 amide bonds. The quantitative estimate of drug-likeness (QED) is 0.285. The normalized spacial score (nSPS) is 19.6. The van der Waals surface area contributed by atoms with Crippen molar-refractivity contribution < 1.29 is 9.18 Å². The van der Waals surface area contributed by atoms with Gasteiger partial charge in [0.15, 0.2) is 11.5 Å². The summed E-state index contributed by atoms with van der Waals surface area (Å²) in [6, 6.07) is 1.72. The number of allylic oxidation sites excluding steroid dienone is 2. The van der Waals surface area contributed by atoms with Crippen molar-refractivity contribution in [3.63, 3.8) is 0 Å². The van der Waals surface area contributed by atoms with Crippen LogP contribution >= 0.6 is 0 Å². The van der Waals surface area contributed by atoms with Gasteiger partial charge >= 0.3 is 0 Å². The second-order valence-corrected chi connectivity index (χ2v) is 9.08. The Morgan fingerprint density at radius 2 is 1.97 bits per heavy atom. The van der Waals surface area contributed by atoms with E-state index < -0.39 is 5.82 Å². The molecule has 4 rings (SSSR count). The van der Waals surface area contributed by atoms with Crippen LogP contribution in [0.25, 0.3) is 11.2 Å². The van der Waals surface area contributed by atoms with Crippen molar-refractivity contribution in [1.29, 1.82) is 0 Å². The van der Waals surface area contributed by atoms with Gasteiger partial charge in [0.05, 0.1) is 17.4 Å². The molecule has 6 nitrogen and oxygen atoms in total. The fourth-order valence-electron chi connectivity index (χ4n) is 4.49. The molecule has 1 unspecified atom stereocenters. The predicted octanol–water partition coefficient (Wildman–Crippen LogP) is 5.79. The number of halogens is 1. The van der Waals surface area contributed by atoms with Gasteiger partial charge in [-0.2, -0.15) is 0 Å². The number of amides is 1. The van der Waals surface area contributed by atoms with Gasteiger partial charge in [-0.3, -0.25) is 9.69 Å². The summed E-state index contributed by atoms with van der Waals surface area (Å²) in [5.74, 6) is -0.542. The summed E-state index contributed by atoms with van der Waals surface area (Å²) < 4.78 is 16.2. The summed E-state index contributed by atoms with van der Waals surface area (Å²) in [6.45, 7) is 26.6. The summed E-state index contributed by atoms with van der Waals surface area (Å²) in [5, 5.41) is 0. The van der Waals surface area contributed by atoms with E-state index in [4.69, 9.17) is 6.58 Å². The fraction of sp³-hybridized carbons (Fsp3) is 0.387. The standard InChI is InChI=1S/C27H31FN5O.C2H6.C2H4/c1-6-7-10-30-11-12-31(16-22(30)5)24-9-8-21(4)33(18-24)26(34)13-19(2)23-14-25(28)27-29-20(3)15-32(27)17-23;2*1-2/h1,7-9,13-15,17-18,21-22H,10-12,16H2,2-5H3;1-2H3;1-2H2/b19-13+;;/t6?,21?,22-;;/m0../s1. The van der Waals surface area contributed by atoms with Crippen molar-refractivity contribution in [1.82, 2.24) is 24.1 Å². The Bertz CT molecular complexity index is 1250. The molecule has 4 heterocycles. The molecule has 2 aromatic rings. The van der Waals surface area contributed by atoms with Crippen LogP contribution in [-0.4, -0.2) is 68.3 Å². The Kier molecular flexibility index (Phi) is 11.5. The molecule has 0 spiro atoms. The van der Waals surface area contributed by atoms with Gasteiger partial charge in [0, 0.05) is 56.9 Å². The summed E-state index contributed by atoms with van der Waals surface area (Å²) >= 11 is 0. The largest absolute Gasteiger partial charge is 0.368 e. The van der Waals surface area contributed by atoms with E-state index in [1.54, 1.807) is 27.8 Å². The van der Waals surface area contributed by atoms with Crippen LogP contribution < -0.4 is 0 Å². The lowest BCUT2D eigenvalue weighted by Crippen LogP contribution is -2.51. The van der Waals surface area contributed by atoms with Crippen molar-refractivity contribution in [3.05, 3.63) is 97.2 Å². The second-order valence-electron chi connectivity index (χ2n) is 9.08. The maximum Gasteiger partial charge on any atom is 0.251 e. The zero-order valence-corrected chi connectivity index (χ0v) is 23.6. The third kappa shape index (κ3) is 7.21. The Morgan fingerprint density at radius 3 is 2.63 bits per heavy atom. The highest BCUT2D eigenvalue weighted by Crippen LogP contribution is 2.23. The number of imidazole rings is 1. The molecule has 2 aromatic heterocycles. The zero-order chi connectivity index (χ0) is 28.4. The number of rotatable bonds is 5. The molecule has 1 radical (unpaired) electrons. The zero-order valence-electron chi connectivity index (χ0n) is 23.6. The Hall–Kier alpha value is -3.67. The first-order chi connectivity index (χ1) is 18.3. The third-order valence-electron chi connectivity index (χ3n) is 6.51. The SMILES string of the molecule is C=C.CC.[CH]=C=CCN1CCN(C2=CN(C(=O)/C=C(\C)c3cc(F)c4nc(C)cn4c3)C(C)C=C2)C[C@@H]1C. The van der Waals surface area contributed by atoms with Crippen LogP contribution in [0.3, 0.4) is 0 Å². The van der Waals surface area contributed by atoms with Crippen molar-refractivity contribution >= 4 is 17.1 Å². The lowest BCUT2D eigenvalue weighted by atomic mass is 10.1. The Morgan fingerprint density at radius 1 is 1.26 bits per heavy atom. The molecule has 0 bridgehead atoms. The first-order valence-electron chi connectivity index (χ1n) is 13.1. The van der Waals surface area contributed by atoms with E-state index in [0.717, 1.165) is 37.6 Å².